The Labute approximate surface area is 154 Å². The third-order valence-electron chi connectivity index (χ3n) is 5.05. The number of piperidine rings is 1. The monoisotopic (exact) mass is 357 g/mol. The molecule has 0 radical (unpaired) electrons. The maximum atomic E-state index is 12.5. The molecule has 1 heterocycles. The molecule has 1 atom stereocenters. The summed E-state index contributed by atoms with van der Waals surface area (Å²) in [4.78, 5) is 38.4. The topological polar surface area (TPSA) is 78.5 Å². The van der Waals surface area contributed by atoms with Gasteiger partial charge >= 0.3 is 0 Å². The molecule has 3 rings (SSSR count). The summed E-state index contributed by atoms with van der Waals surface area (Å²) >= 11 is 0. The lowest BCUT2D eigenvalue weighted by Crippen LogP contribution is -2.47. The van der Waals surface area contributed by atoms with Crippen molar-refractivity contribution in [3.05, 3.63) is 35.9 Å². The van der Waals surface area contributed by atoms with Crippen molar-refractivity contribution in [2.45, 2.75) is 32.1 Å². The zero-order chi connectivity index (χ0) is 18.4. The van der Waals surface area contributed by atoms with Crippen LogP contribution in [0.3, 0.4) is 0 Å². The highest BCUT2D eigenvalue weighted by Crippen LogP contribution is 2.27. The van der Waals surface area contributed by atoms with Gasteiger partial charge in [-0.05, 0) is 37.2 Å². The Morgan fingerprint density at radius 2 is 1.81 bits per heavy atom. The van der Waals surface area contributed by atoms with Gasteiger partial charge < -0.3 is 15.5 Å². The summed E-state index contributed by atoms with van der Waals surface area (Å²) < 4.78 is 0. The molecule has 1 saturated heterocycles. The zero-order valence-electron chi connectivity index (χ0n) is 15.1. The van der Waals surface area contributed by atoms with Crippen LogP contribution < -0.4 is 10.6 Å². The van der Waals surface area contributed by atoms with E-state index in [0.717, 1.165) is 18.4 Å². The van der Waals surface area contributed by atoms with Crippen molar-refractivity contribution < 1.29 is 14.4 Å². The lowest BCUT2D eigenvalue weighted by atomic mass is 9.96. The maximum Gasteiger partial charge on any atom is 0.239 e. The molecule has 0 aromatic heterocycles. The van der Waals surface area contributed by atoms with Crippen LogP contribution >= 0.6 is 0 Å². The van der Waals surface area contributed by atoms with Gasteiger partial charge in [-0.3, -0.25) is 14.4 Å². The molecule has 1 aromatic rings. The number of amides is 3. The molecule has 2 aliphatic rings. The zero-order valence-corrected chi connectivity index (χ0v) is 15.1. The number of carbonyl (C=O) groups is 3. The van der Waals surface area contributed by atoms with E-state index in [1.165, 1.54) is 12.8 Å². The highest BCUT2D eigenvalue weighted by atomic mass is 16.2. The lowest BCUT2D eigenvalue weighted by molar-refractivity contribution is -0.136. The highest BCUT2D eigenvalue weighted by molar-refractivity contribution is 5.86. The minimum atomic E-state index is -0.236. The van der Waals surface area contributed by atoms with E-state index in [1.54, 1.807) is 4.90 Å². The maximum absolute atomic E-state index is 12.5. The number of hydrogen-bond donors (Lipinski definition) is 2. The molecule has 1 aromatic carbocycles. The van der Waals surface area contributed by atoms with E-state index in [1.807, 2.05) is 30.3 Å². The number of nitrogens with zero attached hydrogens (tertiary/aromatic N) is 1. The molecule has 2 N–H and O–H groups in total. The number of likely N-dealkylation sites (tertiary alicyclic amines) is 1. The third kappa shape index (κ3) is 5.58. The van der Waals surface area contributed by atoms with Gasteiger partial charge in [0.2, 0.25) is 17.7 Å². The second-order valence-corrected chi connectivity index (χ2v) is 7.31. The summed E-state index contributed by atoms with van der Waals surface area (Å²) in [5.74, 6) is 0.162. The van der Waals surface area contributed by atoms with Gasteiger partial charge in [0, 0.05) is 19.6 Å². The fraction of sp³-hybridized carbons (Fsp3) is 0.550. The fourth-order valence-electron chi connectivity index (χ4n) is 3.25. The second kappa shape index (κ2) is 8.83. The number of rotatable bonds is 7. The highest BCUT2D eigenvalue weighted by Gasteiger charge is 2.28. The van der Waals surface area contributed by atoms with Crippen LogP contribution in [-0.2, 0) is 20.8 Å². The Morgan fingerprint density at radius 3 is 2.54 bits per heavy atom. The van der Waals surface area contributed by atoms with Crippen LogP contribution in [0.25, 0.3) is 0 Å². The van der Waals surface area contributed by atoms with Crippen molar-refractivity contribution in [3.63, 3.8) is 0 Å². The molecule has 1 aliphatic heterocycles. The largest absolute Gasteiger partial charge is 0.354 e. The van der Waals surface area contributed by atoms with Crippen LogP contribution in [0.2, 0.25) is 0 Å². The average Bonchev–Trinajstić information content (AvgIpc) is 3.50. The lowest BCUT2D eigenvalue weighted by Gasteiger charge is -2.32. The van der Waals surface area contributed by atoms with Crippen molar-refractivity contribution in [1.29, 1.82) is 0 Å². The fourth-order valence-corrected chi connectivity index (χ4v) is 3.25. The van der Waals surface area contributed by atoms with Crippen LogP contribution in [0.15, 0.2) is 30.3 Å². The molecule has 1 saturated carbocycles. The summed E-state index contributed by atoms with van der Waals surface area (Å²) in [5, 5.41) is 5.56. The molecule has 140 valence electrons. The first-order valence-electron chi connectivity index (χ1n) is 9.48. The van der Waals surface area contributed by atoms with E-state index in [0.29, 0.717) is 32.0 Å². The van der Waals surface area contributed by atoms with Crippen LogP contribution in [0.5, 0.6) is 0 Å². The SMILES string of the molecule is O=C(CNC(=O)C1CCCN(C(=O)Cc2ccccc2)C1)NCC1CC1. The Morgan fingerprint density at radius 1 is 1.04 bits per heavy atom. The van der Waals surface area contributed by atoms with Crippen molar-refractivity contribution in [2.24, 2.45) is 11.8 Å². The minimum Gasteiger partial charge on any atom is -0.354 e. The first-order valence-corrected chi connectivity index (χ1v) is 9.48. The van der Waals surface area contributed by atoms with Gasteiger partial charge in [-0.1, -0.05) is 30.3 Å². The smallest absolute Gasteiger partial charge is 0.239 e. The van der Waals surface area contributed by atoms with Gasteiger partial charge in [-0.25, -0.2) is 0 Å². The van der Waals surface area contributed by atoms with Gasteiger partial charge in [0.25, 0.3) is 0 Å². The van der Waals surface area contributed by atoms with Crippen molar-refractivity contribution >= 4 is 17.7 Å². The predicted molar refractivity (Wildman–Crippen MR) is 98.2 cm³/mol. The predicted octanol–water partition coefficient (Wildman–Crippen LogP) is 1.11. The van der Waals surface area contributed by atoms with Crippen LogP contribution in [-0.4, -0.2) is 48.8 Å². The number of carbonyl (C=O) groups excluding carboxylic acids is 3. The Balaban J connectivity index is 1.42. The molecular weight excluding hydrogens is 330 g/mol. The molecule has 0 spiro atoms. The van der Waals surface area contributed by atoms with E-state index in [4.69, 9.17) is 0 Å². The van der Waals surface area contributed by atoms with Crippen molar-refractivity contribution in [3.8, 4) is 0 Å². The average molecular weight is 357 g/mol. The first kappa shape index (κ1) is 18.4. The van der Waals surface area contributed by atoms with E-state index < -0.39 is 0 Å². The Hall–Kier alpha value is -2.37. The standard InChI is InChI=1S/C20H27N3O3/c24-18(21-12-16-8-9-16)13-22-20(26)17-7-4-10-23(14-17)19(25)11-15-5-2-1-3-6-15/h1-3,5-6,16-17H,4,7-14H2,(H,21,24)(H,22,26). The normalized spacial score (nSPS) is 19.7. The van der Waals surface area contributed by atoms with E-state index in [-0.39, 0.29) is 30.2 Å². The molecule has 1 unspecified atom stereocenters. The van der Waals surface area contributed by atoms with E-state index >= 15 is 0 Å². The number of benzene rings is 1. The third-order valence-corrected chi connectivity index (χ3v) is 5.05. The molecule has 26 heavy (non-hydrogen) atoms. The van der Waals surface area contributed by atoms with Crippen molar-refractivity contribution in [2.75, 3.05) is 26.2 Å². The first-order chi connectivity index (χ1) is 12.6. The summed E-state index contributed by atoms with van der Waals surface area (Å²) in [6.07, 6.45) is 4.29. The van der Waals surface area contributed by atoms with Crippen LogP contribution in [0.1, 0.15) is 31.2 Å². The van der Waals surface area contributed by atoms with E-state index in [2.05, 4.69) is 10.6 Å². The van der Waals surface area contributed by atoms with Crippen LogP contribution in [0, 0.1) is 11.8 Å². The number of hydrogen-bond acceptors (Lipinski definition) is 3. The summed E-state index contributed by atoms with van der Waals surface area (Å²) in [6, 6.07) is 9.64. The molecule has 1 aliphatic carbocycles. The summed E-state index contributed by atoms with van der Waals surface area (Å²) in [6.45, 7) is 1.85. The minimum absolute atomic E-state index is 0.0139. The van der Waals surface area contributed by atoms with Gasteiger partial charge in [-0.15, -0.1) is 0 Å². The van der Waals surface area contributed by atoms with Crippen molar-refractivity contribution in [1.82, 2.24) is 15.5 Å². The van der Waals surface area contributed by atoms with Gasteiger partial charge in [-0.2, -0.15) is 0 Å². The molecule has 2 fully saturated rings. The molecule has 0 bridgehead atoms. The molecule has 3 amide bonds. The second-order valence-electron chi connectivity index (χ2n) is 7.31. The Bertz CT molecular complexity index is 643. The Kier molecular flexibility index (Phi) is 6.26. The molecular formula is C20H27N3O3. The summed E-state index contributed by atoms with van der Waals surface area (Å²) in [5.41, 5.74) is 0.983. The summed E-state index contributed by atoms with van der Waals surface area (Å²) in [7, 11) is 0. The molecule has 6 nitrogen and oxygen atoms in total. The van der Waals surface area contributed by atoms with E-state index in [9.17, 15) is 14.4 Å². The van der Waals surface area contributed by atoms with Gasteiger partial charge in [0.05, 0.1) is 18.9 Å². The molecule has 6 heteroatoms. The van der Waals surface area contributed by atoms with Gasteiger partial charge in [0.1, 0.15) is 0 Å². The quantitative estimate of drug-likeness (QED) is 0.767. The number of nitrogens with one attached hydrogen (secondary N) is 2. The van der Waals surface area contributed by atoms with Gasteiger partial charge in [0.15, 0.2) is 0 Å². The van der Waals surface area contributed by atoms with Crippen LogP contribution in [0.4, 0.5) is 0 Å².